The number of carbonyl (C=O) groups is 2. The molecule has 0 N–H and O–H groups in total. The largest absolute Gasteiger partial charge is 0.445 e. The highest BCUT2D eigenvalue weighted by Gasteiger charge is 2.29. The number of ether oxygens (including phenoxy) is 1. The Hall–Kier alpha value is -2.46. The molecule has 0 unspecified atom stereocenters. The summed E-state index contributed by atoms with van der Waals surface area (Å²) in [4.78, 5) is 27.9. The Morgan fingerprint density at radius 1 is 1.38 bits per heavy atom. The van der Waals surface area contributed by atoms with Gasteiger partial charge < -0.3 is 15.2 Å². The molecule has 6 nitrogen and oxygen atoms in total. The molecular weight excluding hydrogens is 270 g/mol. The first kappa shape index (κ1) is 14.9. The molecule has 1 fully saturated rings. The minimum Gasteiger partial charge on any atom is -0.445 e. The third-order valence-electron chi connectivity index (χ3n) is 3.47. The Kier molecular flexibility index (Phi) is 5.23. The fourth-order valence-electron chi connectivity index (χ4n) is 2.35. The molecule has 110 valence electrons. The Morgan fingerprint density at radius 3 is 2.86 bits per heavy atom. The fraction of sp³-hybridized carbons (Fsp3) is 0.400. The maximum absolute atomic E-state index is 12.0. The van der Waals surface area contributed by atoms with Crippen molar-refractivity contribution in [2.24, 2.45) is 5.92 Å². The van der Waals surface area contributed by atoms with Crippen LogP contribution in [0.3, 0.4) is 0 Å². The van der Waals surface area contributed by atoms with Crippen LogP contribution in [0.1, 0.15) is 18.4 Å². The average molecular weight is 287 g/mol. The molecule has 1 aromatic rings. The molecule has 0 aliphatic carbocycles. The first-order chi connectivity index (χ1) is 10.2. The van der Waals surface area contributed by atoms with Gasteiger partial charge in [-0.15, -0.1) is 0 Å². The maximum Gasteiger partial charge on any atom is 0.410 e. The van der Waals surface area contributed by atoms with Crippen molar-refractivity contribution < 1.29 is 19.1 Å². The number of hydrogen-bond donors (Lipinski definition) is 0. The summed E-state index contributed by atoms with van der Waals surface area (Å²) in [7, 11) is 0. The molecule has 1 aliphatic heterocycles. The number of likely N-dealkylation sites (tertiary alicyclic amines) is 1. The second kappa shape index (κ2) is 7.36. The van der Waals surface area contributed by atoms with E-state index in [2.05, 4.69) is 4.79 Å². The van der Waals surface area contributed by atoms with Gasteiger partial charge in [-0.25, -0.2) is 4.79 Å². The van der Waals surface area contributed by atoms with Crippen LogP contribution in [0.4, 0.5) is 4.79 Å². The molecule has 1 heterocycles. The van der Waals surface area contributed by atoms with Gasteiger partial charge in [-0.05, 0) is 18.4 Å². The van der Waals surface area contributed by atoms with Crippen LogP contribution in [0, 0.1) is 5.92 Å². The molecule has 0 bridgehead atoms. The fourth-order valence-corrected chi connectivity index (χ4v) is 2.35. The second-order valence-electron chi connectivity index (χ2n) is 4.97. The molecule has 0 radical (unpaired) electrons. The van der Waals surface area contributed by atoms with Gasteiger partial charge >= 0.3 is 12.3 Å². The molecule has 0 spiro atoms. The molecule has 0 saturated carbocycles. The van der Waals surface area contributed by atoms with Crippen molar-refractivity contribution in [2.75, 3.05) is 13.1 Å². The smallest absolute Gasteiger partial charge is 0.410 e. The summed E-state index contributed by atoms with van der Waals surface area (Å²) in [5.41, 5.74) is 9.32. The van der Waals surface area contributed by atoms with Gasteiger partial charge in [-0.2, -0.15) is 4.79 Å². The molecule has 1 saturated heterocycles. The van der Waals surface area contributed by atoms with E-state index in [1.54, 1.807) is 0 Å². The highest BCUT2D eigenvalue weighted by Crippen LogP contribution is 2.18. The monoisotopic (exact) mass is 287 g/mol. The molecule has 0 aromatic heterocycles. The van der Waals surface area contributed by atoms with Crippen molar-refractivity contribution in [3.8, 4) is 0 Å². The second-order valence-corrected chi connectivity index (χ2v) is 4.97. The van der Waals surface area contributed by atoms with Crippen molar-refractivity contribution in [1.82, 2.24) is 4.90 Å². The Balaban J connectivity index is 1.87. The van der Waals surface area contributed by atoms with Crippen LogP contribution < -0.4 is 0 Å². The van der Waals surface area contributed by atoms with Gasteiger partial charge in [0.2, 0.25) is 5.78 Å². The molecule has 6 heteroatoms. The summed E-state index contributed by atoms with van der Waals surface area (Å²) in [5.74, 6) is -0.586. The van der Waals surface area contributed by atoms with Crippen LogP contribution in [0.25, 0.3) is 5.53 Å². The molecule has 2 rings (SSSR count). The van der Waals surface area contributed by atoms with Crippen LogP contribution in [0.15, 0.2) is 30.3 Å². The number of Topliss-reactive ketones (excluding diaryl/α,β-unsaturated/α-hetero) is 1. The predicted octanol–water partition coefficient (Wildman–Crippen LogP) is 1.90. The zero-order chi connectivity index (χ0) is 15.1. The lowest BCUT2D eigenvalue weighted by Crippen LogP contribution is -2.42. The van der Waals surface area contributed by atoms with E-state index in [4.69, 9.17) is 10.3 Å². The normalized spacial score (nSPS) is 17.7. The average Bonchev–Trinajstić information content (AvgIpc) is 2.54. The molecule has 1 amide bonds. The van der Waals surface area contributed by atoms with Gasteiger partial charge in [-0.3, -0.25) is 4.79 Å². The van der Waals surface area contributed by atoms with Gasteiger partial charge in [0.1, 0.15) is 6.61 Å². The van der Waals surface area contributed by atoms with E-state index in [-0.39, 0.29) is 18.3 Å². The zero-order valence-corrected chi connectivity index (χ0v) is 11.6. The van der Waals surface area contributed by atoms with Crippen molar-refractivity contribution in [2.45, 2.75) is 19.4 Å². The van der Waals surface area contributed by atoms with Gasteiger partial charge in [0, 0.05) is 19.0 Å². The zero-order valence-electron chi connectivity index (χ0n) is 11.6. The topological polar surface area (TPSA) is 83.0 Å². The number of ketones is 1. The lowest BCUT2D eigenvalue weighted by molar-refractivity contribution is -0.120. The third-order valence-corrected chi connectivity index (χ3v) is 3.47. The van der Waals surface area contributed by atoms with Crippen molar-refractivity contribution in [3.05, 3.63) is 41.4 Å². The molecular formula is C15H17N3O3. The lowest BCUT2D eigenvalue weighted by Gasteiger charge is -2.30. The van der Waals surface area contributed by atoms with E-state index in [9.17, 15) is 9.59 Å². The summed E-state index contributed by atoms with van der Waals surface area (Å²) >= 11 is 0. The molecule has 1 atom stereocenters. The van der Waals surface area contributed by atoms with Crippen molar-refractivity contribution >= 4 is 18.1 Å². The summed E-state index contributed by atoms with van der Waals surface area (Å²) in [6, 6.07) is 9.43. The Labute approximate surface area is 122 Å². The molecule has 1 aliphatic rings. The summed E-state index contributed by atoms with van der Waals surface area (Å²) < 4.78 is 5.25. The Morgan fingerprint density at radius 2 is 2.14 bits per heavy atom. The van der Waals surface area contributed by atoms with Gasteiger partial charge in [0.15, 0.2) is 0 Å². The van der Waals surface area contributed by atoms with Crippen LogP contribution in [-0.2, 0) is 16.1 Å². The first-order valence-corrected chi connectivity index (χ1v) is 6.87. The highest BCUT2D eigenvalue weighted by atomic mass is 16.6. The minimum absolute atomic E-state index is 0.215. The lowest BCUT2D eigenvalue weighted by atomic mass is 9.94. The predicted molar refractivity (Wildman–Crippen MR) is 75.6 cm³/mol. The quantitative estimate of drug-likeness (QED) is 0.481. The number of carbonyl (C=O) groups excluding carboxylic acids is 2. The number of benzene rings is 1. The van der Waals surface area contributed by atoms with E-state index < -0.39 is 6.09 Å². The first-order valence-electron chi connectivity index (χ1n) is 6.87. The van der Waals surface area contributed by atoms with Crippen LogP contribution >= 0.6 is 0 Å². The maximum atomic E-state index is 12.0. The van der Waals surface area contributed by atoms with E-state index in [1.165, 1.54) is 4.90 Å². The Bertz CT molecular complexity index is 553. The number of amides is 1. The van der Waals surface area contributed by atoms with E-state index in [1.807, 2.05) is 30.3 Å². The summed E-state index contributed by atoms with van der Waals surface area (Å²) in [6.07, 6.45) is 1.89. The van der Waals surface area contributed by atoms with Crippen LogP contribution in [0.5, 0.6) is 0 Å². The van der Waals surface area contributed by atoms with Gasteiger partial charge in [-0.1, -0.05) is 30.3 Å². The van der Waals surface area contributed by atoms with Gasteiger partial charge in [0.25, 0.3) is 0 Å². The molecule has 1 aromatic carbocycles. The number of hydrogen-bond acceptors (Lipinski definition) is 3. The van der Waals surface area contributed by atoms with E-state index in [0.29, 0.717) is 19.5 Å². The van der Waals surface area contributed by atoms with Crippen LogP contribution in [-0.4, -0.2) is 40.9 Å². The van der Waals surface area contributed by atoms with Crippen LogP contribution in [0.2, 0.25) is 0 Å². The van der Waals surface area contributed by atoms with E-state index in [0.717, 1.165) is 18.2 Å². The number of rotatable bonds is 4. The van der Waals surface area contributed by atoms with Gasteiger partial charge in [0.05, 0.1) is 0 Å². The van der Waals surface area contributed by atoms with Crippen molar-refractivity contribution in [1.29, 1.82) is 0 Å². The standard InChI is InChI=1S/C15H17N3O3/c16-17-9-14(19)13-7-4-8-18(10-13)15(20)21-11-12-5-2-1-3-6-12/h1-3,5-6,9,13H,4,7-8,10-11H2/t13-/m1/s1. The van der Waals surface area contributed by atoms with Crippen molar-refractivity contribution in [3.63, 3.8) is 0 Å². The minimum atomic E-state index is -0.419. The SMILES string of the molecule is [N-]=[N+]=CC(=O)[C@@H]1CCCN(C(=O)OCc2ccccc2)C1. The summed E-state index contributed by atoms with van der Waals surface area (Å²) in [6.45, 7) is 1.10. The summed E-state index contributed by atoms with van der Waals surface area (Å²) in [5, 5.41) is 0. The number of piperidine rings is 1. The molecule has 21 heavy (non-hydrogen) atoms. The highest BCUT2D eigenvalue weighted by molar-refractivity contribution is 6.26. The third kappa shape index (κ3) is 4.26. The number of nitrogens with zero attached hydrogens (tertiary/aromatic N) is 3. The van der Waals surface area contributed by atoms with E-state index >= 15 is 0 Å².